The van der Waals surface area contributed by atoms with Crippen molar-refractivity contribution in [3.8, 4) is 11.6 Å². The van der Waals surface area contributed by atoms with Crippen LogP contribution in [0.15, 0.2) is 18.5 Å². The molecule has 0 fully saturated rings. The molecule has 0 saturated heterocycles. The van der Waals surface area contributed by atoms with Crippen LogP contribution in [0, 0.1) is 5.82 Å². The maximum atomic E-state index is 13.6. The molecule has 2 aromatic heterocycles. The van der Waals surface area contributed by atoms with Crippen molar-refractivity contribution in [2.45, 2.75) is 6.18 Å². The highest BCUT2D eigenvalue weighted by molar-refractivity contribution is 5.86. The Labute approximate surface area is 120 Å². The summed E-state index contributed by atoms with van der Waals surface area (Å²) in [4.78, 5) is 14.6. The molecule has 0 saturated carbocycles. The molecule has 0 amide bonds. The fraction of sp³-hybridized carbons (Fsp3) is 0.273. The van der Waals surface area contributed by atoms with Gasteiger partial charge in [-0.1, -0.05) is 5.21 Å². The highest BCUT2D eigenvalue weighted by atomic mass is 19.4. The molecule has 118 valence electrons. The minimum absolute atomic E-state index is 0.0412. The summed E-state index contributed by atoms with van der Waals surface area (Å²) in [6, 6.07) is 0.842. The number of aromatic nitrogens is 4. The second-order valence-corrected chi connectivity index (χ2v) is 3.92. The number of hydrogen-bond donors (Lipinski definition) is 0. The fourth-order valence-electron chi connectivity index (χ4n) is 1.39. The number of alkyl halides is 3. The normalized spacial score (nSPS) is 11.3. The number of carbonyl (C=O) groups excluding carboxylic acids is 1. The van der Waals surface area contributed by atoms with Gasteiger partial charge in [0.15, 0.2) is 18.1 Å². The Morgan fingerprint density at radius 2 is 2.14 bits per heavy atom. The first kappa shape index (κ1) is 15.7. The van der Waals surface area contributed by atoms with Crippen LogP contribution in [0.3, 0.4) is 0 Å². The van der Waals surface area contributed by atoms with Crippen LogP contribution in [-0.4, -0.2) is 45.8 Å². The summed E-state index contributed by atoms with van der Waals surface area (Å²) in [6.07, 6.45) is -2.43. The lowest BCUT2D eigenvalue weighted by Crippen LogP contribution is -2.20. The predicted molar refractivity (Wildman–Crippen MR) is 62.0 cm³/mol. The molecule has 11 heteroatoms. The SMILES string of the molecule is COC(=O)c1cn(-c2cnc(OCC(F)(F)F)c(F)c2)nn1. The van der Waals surface area contributed by atoms with Gasteiger partial charge in [-0.3, -0.25) is 0 Å². The average Bonchev–Trinajstić information content (AvgIpc) is 2.94. The van der Waals surface area contributed by atoms with E-state index in [0.717, 1.165) is 30.3 Å². The Morgan fingerprint density at radius 3 is 2.73 bits per heavy atom. The summed E-state index contributed by atoms with van der Waals surface area (Å²) < 4.78 is 59.3. The first-order chi connectivity index (χ1) is 10.3. The molecule has 0 unspecified atom stereocenters. The van der Waals surface area contributed by atoms with Crippen LogP contribution in [0.4, 0.5) is 17.6 Å². The summed E-state index contributed by atoms with van der Waals surface area (Å²) in [5.41, 5.74) is -0.0835. The van der Waals surface area contributed by atoms with Gasteiger partial charge < -0.3 is 9.47 Å². The van der Waals surface area contributed by atoms with Crippen molar-refractivity contribution < 1.29 is 31.8 Å². The molecular formula is C11H8F4N4O3. The van der Waals surface area contributed by atoms with Crippen molar-refractivity contribution >= 4 is 5.97 Å². The smallest absolute Gasteiger partial charge is 0.422 e. The van der Waals surface area contributed by atoms with Gasteiger partial charge in [-0.15, -0.1) is 5.10 Å². The maximum absolute atomic E-state index is 13.6. The summed E-state index contributed by atoms with van der Waals surface area (Å²) in [7, 11) is 1.15. The molecule has 0 atom stereocenters. The topological polar surface area (TPSA) is 79.1 Å². The third-order valence-electron chi connectivity index (χ3n) is 2.32. The number of methoxy groups -OCH3 is 1. The van der Waals surface area contributed by atoms with E-state index in [0.29, 0.717) is 0 Å². The van der Waals surface area contributed by atoms with Crippen molar-refractivity contribution in [3.63, 3.8) is 0 Å². The van der Waals surface area contributed by atoms with Gasteiger partial charge in [0.25, 0.3) is 5.88 Å². The summed E-state index contributed by atoms with van der Waals surface area (Å²) in [6.45, 7) is -1.66. The number of rotatable bonds is 4. The molecule has 2 aromatic rings. The molecule has 0 spiro atoms. The first-order valence-corrected chi connectivity index (χ1v) is 5.66. The number of halogens is 4. The van der Waals surface area contributed by atoms with Crippen molar-refractivity contribution in [2.75, 3.05) is 13.7 Å². The van der Waals surface area contributed by atoms with Gasteiger partial charge in [0.05, 0.1) is 25.2 Å². The van der Waals surface area contributed by atoms with E-state index >= 15 is 0 Å². The average molecular weight is 320 g/mol. The summed E-state index contributed by atoms with van der Waals surface area (Å²) >= 11 is 0. The summed E-state index contributed by atoms with van der Waals surface area (Å²) in [5, 5.41) is 7.04. The van der Waals surface area contributed by atoms with Crippen molar-refractivity contribution in [1.29, 1.82) is 0 Å². The zero-order valence-electron chi connectivity index (χ0n) is 11.0. The molecule has 2 heterocycles. The largest absolute Gasteiger partial charge is 0.466 e. The van der Waals surface area contributed by atoms with E-state index in [-0.39, 0.29) is 11.4 Å². The minimum Gasteiger partial charge on any atom is -0.466 e. The van der Waals surface area contributed by atoms with Crippen LogP contribution in [0.25, 0.3) is 5.69 Å². The van der Waals surface area contributed by atoms with E-state index < -0.39 is 30.4 Å². The highest BCUT2D eigenvalue weighted by Gasteiger charge is 2.29. The molecule has 0 bridgehead atoms. The quantitative estimate of drug-likeness (QED) is 0.628. The van der Waals surface area contributed by atoms with Crippen LogP contribution in [-0.2, 0) is 4.74 Å². The van der Waals surface area contributed by atoms with E-state index in [1.165, 1.54) is 0 Å². The van der Waals surface area contributed by atoms with Crippen LogP contribution in [0.2, 0.25) is 0 Å². The zero-order valence-corrected chi connectivity index (χ0v) is 11.0. The summed E-state index contributed by atoms with van der Waals surface area (Å²) in [5.74, 6) is -2.66. The van der Waals surface area contributed by atoms with Crippen LogP contribution in [0.5, 0.6) is 5.88 Å². The lowest BCUT2D eigenvalue weighted by Gasteiger charge is -2.09. The number of esters is 1. The van der Waals surface area contributed by atoms with Gasteiger partial charge in [-0.2, -0.15) is 13.2 Å². The van der Waals surface area contributed by atoms with Crippen LogP contribution in [0.1, 0.15) is 10.5 Å². The molecule has 0 aromatic carbocycles. The molecule has 0 aliphatic carbocycles. The van der Waals surface area contributed by atoms with Crippen LogP contribution < -0.4 is 4.74 Å². The van der Waals surface area contributed by atoms with E-state index in [1.54, 1.807) is 0 Å². The van der Waals surface area contributed by atoms with Crippen molar-refractivity contribution in [3.05, 3.63) is 30.0 Å². The van der Waals surface area contributed by atoms with Crippen molar-refractivity contribution in [2.24, 2.45) is 0 Å². The number of nitrogens with zero attached hydrogens (tertiary/aromatic N) is 4. The first-order valence-electron chi connectivity index (χ1n) is 5.66. The van der Waals surface area contributed by atoms with Crippen molar-refractivity contribution in [1.82, 2.24) is 20.0 Å². The molecular weight excluding hydrogens is 312 g/mol. The van der Waals surface area contributed by atoms with Gasteiger partial charge >= 0.3 is 12.1 Å². The monoisotopic (exact) mass is 320 g/mol. The second kappa shape index (κ2) is 5.95. The highest BCUT2D eigenvalue weighted by Crippen LogP contribution is 2.20. The second-order valence-electron chi connectivity index (χ2n) is 3.92. The van der Waals surface area contributed by atoms with Gasteiger partial charge in [0, 0.05) is 6.07 Å². The molecule has 22 heavy (non-hydrogen) atoms. The fourth-order valence-corrected chi connectivity index (χ4v) is 1.39. The maximum Gasteiger partial charge on any atom is 0.422 e. The standard InChI is InChI=1S/C11H8F4N4O3/c1-21-10(20)8-4-19(18-17-8)6-2-7(12)9(16-3-6)22-5-11(13,14)15/h2-4H,5H2,1H3. The molecule has 2 rings (SSSR count). The molecule has 0 radical (unpaired) electrons. The lowest BCUT2D eigenvalue weighted by atomic mass is 10.4. The third kappa shape index (κ3) is 3.68. The van der Waals surface area contributed by atoms with Crippen LogP contribution >= 0.6 is 0 Å². The Balaban J connectivity index is 2.18. The number of hydrogen-bond acceptors (Lipinski definition) is 6. The van der Waals surface area contributed by atoms with E-state index in [9.17, 15) is 22.4 Å². The Hall–Kier alpha value is -2.72. The number of ether oxygens (including phenoxy) is 2. The zero-order chi connectivity index (χ0) is 16.3. The van der Waals surface area contributed by atoms with E-state index in [4.69, 9.17) is 0 Å². The minimum atomic E-state index is -4.60. The van der Waals surface area contributed by atoms with E-state index in [1.807, 2.05) is 0 Å². The lowest BCUT2D eigenvalue weighted by molar-refractivity contribution is -0.154. The number of carbonyl (C=O) groups is 1. The van der Waals surface area contributed by atoms with Gasteiger partial charge in [-0.05, 0) is 0 Å². The van der Waals surface area contributed by atoms with Gasteiger partial charge in [0.2, 0.25) is 0 Å². The Bertz CT molecular complexity index is 686. The molecule has 7 nitrogen and oxygen atoms in total. The Kier molecular flexibility index (Phi) is 4.24. The van der Waals surface area contributed by atoms with E-state index in [2.05, 4.69) is 24.8 Å². The van der Waals surface area contributed by atoms with Gasteiger partial charge in [-0.25, -0.2) is 18.9 Å². The third-order valence-corrected chi connectivity index (χ3v) is 2.32. The van der Waals surface area contributed by atoms with Gasteiger partial charge in [0.1, 0.15) is 0 Å². The molecule has 0 N–H and O–H groups in total. The molecule has 0 aliphatic rings. The Morgan fingerprint density at radius 1 is 1.41 bits per heavy atom. The number of pyridine rings is 1. The predicted octanol–water partition coefficient (Wildman–Crippen LogP) is 1.53. The molecule has 0 aliphatic heterocycles.